The Morgan fingerprint density at radius 2 is 2.29 bits per heavy atom. The zero-order valence-electron chi connectivity index (χ0n) is 9.23. The van der Waals surface area contributed by atoms with E-state index in [2.05, 4.69) is 21.2 Å². The highest BCUT2D eigenvalue weighted by molar-refractivity contribution is 9.10. The number of hydrogen-bond donors (Lipinski definition) is 2. The quantitative estimate of drug-likeness (QED) is 0.885. The Bertz CT molecular complexity index is 404. The summed E-state index contributed by atoms with van der Waals surface area (Å²) in [5, 5.41) is 11.9. The first-order valence-electron chi connectivity index (χ1n) is 5.49. The van der Waals surface area contributed by atoms with Gasteiger partial charge in [0.05, 0.1) is 6.10 Å². The molecule has 0 bridgehead atoms. The van der Waals surface area contributed by atoms with Gasteiger partial charge >= 0.3 is 0 Å². The summed E-state index contributed by atoms with van der Waals surface area (Å²) in [7, 11) is 0. The van der Waals surface area contributed by atoms with Crippen LogP contribution in [-0.2, 0) is 4.79 Å². The number of carbonyl (C=O) groups excluding carboxylic acids is 1. The molecule has 0 saturated heterocycles. The molecular formula is C12H14BrNO3. The van der Waals surface area contributed by atoms with Gasteiger partial charge in [0.25, 0.3) is 5.91 Å². The Morgan fingerprint density at radius 1 is 1.53 bits per heavy atom. The van der Waals surface area contributed by atoms with Gasteiger partial charge in [-0.15, -0.1) is 0 Å². The molecule has 1 aliphatic carbocycles. The number of amides is 1. The van der Waals surface area contributed by atoms with Gasteiger partial charge in [-0.3, -0.25) is 4.79 Å². The van der Waals surface area contributed by atoms with Crippen LogP contribution in [0.2, 0.25) is 0 Å². The van der Waals surface area contributed by atoms with Gasteiger partial charge in [0, 0.05) is 10.5 Å². The average Bonchev–Trinajstić information content (AvgIpc) is 2.24. The molecule has 0 aliphatic heterocycles. The van der Waals surface area contributed by atoms with Crippen LogP contribution in [0, 0.1) is 0 Å². The molecule has 4 nitrogen and oxygen atoms in total. The molecule has 1 aromatic carbocycles. The third-order valence-electron chi connectivity index (χ3n) is 2.64. The summed E-state index contributed by atoms with van der Waals surface area (Å²) in [6.45, 7) is 0.00302. The maximum Gasteiger partial charge on any atom is 0.258 e. The minimum atomic E-state index is -0.258. The first kappa shape index (κ1) is 12.4. The Morgan fingerprint density at radius 3 is 2.94 bits per heavy atom. The predicted octanol–water partition coefficient (Wildman–Crippen LogP) is 1.47. The standard InChI is InChI=1S/C12H14BrNO3/c13-8-2-1-3-11(4-8)17-7-12(16)14-9-5-10(15)6-9/h1-4,9-10,15H,5-7H2,(H,14,16). The topological polar surface area (TPSA) is 58.6 Å². The van der Waals surface area contributed by atoms with Gasteiger partial charge in [0.2, 0.25) is 0 Å². The summed E-state index contributed by atoms with van der Waals surface area (Å²) in [6, 6.07) is 7.44. The molecule has 0 atom stereocenters. The molecule has 1 amide bonds. The summed E-state index contributed by atoms with van der Waals surface area (Å²) in [4.78, 5) is 11.5. The van der Waals surface area contributed by atoms with E-state index in [1.165, 1.54) is 0 Å². The maximum atomic E-state index is 11.5. The summed E-state index contributed by atoms with van der Waals surface area (Å²) in [5.41, 5.74) is 0. The summed E-state index contributed by atoms with van der Waals surface area (Å²) in [5.74, 6) is 0.505. The highest BCUT2D eigenvalue weighted by atomic mass is 79.9. The SMILES string of the molecule is O=C(COc1cccc(Br)c1)NC1CC(O)C1. The first-order valence-corrected chi connectivity index (χ1v) is 6.28. The van der Waals surface area contributed by atoms with E-state index >= 15 is 0 Å². The van der Waals surface area contributed by atoms with Crippen LogP contribution in [0.4, 0.5) is 0 Å². The van der Waals surface area contributed by atoms with Crippen molar-refractivity contribution in [1.29, 1.82) is 0 Å². The number of aliphatic hydroxyl groups is 1. The molecular weight excluding hydrogens is 286 g/mol. The van der Waals surface area contributed by atoms with Crippen LogP contribution in [0.3, 0.4) is 0 Å². The van der Waals surface area contributed by atoms with E-state index in [4.69, 9.17) is 9.84 Å². The number of ether oxygens (including phenoxy) is 1. The zero-order valence-corrected chi connectivity index (χ0v) is 10.8. The third-order valence-corrected chi connectivity index (χ3v) is 3.14. The Labute approximate surface area is 108 Å². The van der Waals surface area contributed by atoms with E-state index in [9.17, 15) is 4.79 Å². The van der Waals surface area contributed by atoms with Crippen LogP contribution in [-0.4, -0.2) is 29.8 Å². The molecule has 2 rings (SSSR count). The number of rotatable bonds is 4. The van der Waals surface area contributed by atoms with Gasteiger partial charge in [0.15, 0.2) is 6.61 Å². The average molecular weight is 300 g/mol. The molecule has 1 saturated carbocycles. The second-order valence-electron chi connectivity index (χ2n) is 4.14. The molecule has 1 aliphatic rings. The lowest BCUT2D eigenvalue weighted by Gasteiger charge is -2.31. The molecule has 5 heteroatoms. The van der Waals surface area contributed by atoms with Crippen LogP contribution in [0.5, 0.6) is 5.75 Å². The van der Waals surface area contributed by atoms with Gasteiger partial charge in [-0.05, 0) is 31.0 Å². The van der Waals surface area contributed by atoms with E-state index in [1.54, 1.807) is 12.1 Å². The summed E-state index contributed by atoms with van der Waals surface area (Å²) in [6.07, 6.45) is 1.02. The highest BCUT2D eigenvalue weighted by Crippen LogP contribution is 2.19. The van der Waals surface area contributed by atoms with Crippen molar-refractivity contribution in [2.45, 2.75) is 25.0 Å². The minimum Gasteiger partial charge on any atom is -0.484 e. The Hall–Kier alpha value is -1.07. The van der Waals surface area contributed by atoms with Crippen LogP contribution in [0.1, 0.15) is 12.8 Å². The molecule has 17 heavy (non-hydrogen) atoms. The Balaban J connectivity index is 1.72. The van der Waals surface area contributed by atoms with Crippen LogP contribution >= 0.6 is 15.9 Å². The summed E-state index contributed by atoms with van der Waals surface area (Å²) >= 11 is 3.33. The molecule has 0 heterocycles. The van der Waals surface area contributed by atoms with Crippen LogP contribution in [0.15, 0.2) is 28.7 Å². The second kappa shape index (κ2) is 5.51. The number of carbonyl (C=O) groups is 1. The summed E-state index contributed by atoms with van der Waals surface area (Å²) < 4.78 is 6.25. The van der Waals surface area contributed by atoms with Gasteiger partial charge in [-0.25, -0.2) is 0 Å². The lowest BCUT2D eigenvalue weighted by atomic mass is 9.89. The van der Waals surface area contributed by atoms with Gasteiger partial charge in [0.1, 0.15) is 5.75 Å². The molecule has 0 radical (unpaired) electrons. The van der Waals surface area contributed by atoms with E-state index < -0.39 is 0 Å². The number of nitrogens with one attached hydrogen (secondary N) is 1. The molecule has 1 aromatic rings. The molecule has 92 valence electrons. The minimum absolute atomic E-state index is 0.00302. The van der Waals surface area contributed by atoms with E-state index in [1.807, 2.05) is 12.1 Å². The monoisotopic (exact) mass is 299 g/mol. The van der Waals surface area contributed by atoms with Crippen molar-refractivity contribution in [1.82, 2.24) is 5.32 Å². The van der Waals surface area contributed by atoms with Crippen molar-refractivity contribution in [3.8, 4) is 5.75 Å². The molecule has 1 fully saturated rings. The van der Waals surface area contributed by atoms with E-state index in [0.717, 1.165) is 4.47 Å². The van der Waals surface area contributed by atoms with Crippen molar-refractivity contribution < 1.29 is 14.6 Å². The number of halogens is 1. The fraction of sp³-hybridized carbons (Fsp3) is 0.417. The Kier molecular flexibility index (Phi) is 4.02. The van der Waals surface area contributed by atoms with Gasteiger partial charge < -0.3 is 15.2 Å². The van der Waals surface area contributed by atoms with E-state index in [-0.39, 0.29) is 24.7 Å². The molecule has 0 aromatic heterocycles. The van der Waals surface area contributed by atoms with Crippen molar-refractivity contribution in [3.63, 3.8) is 0 Å². The van der Waals surface area contributed by atoms with Crippen LogP contribution in [0.25, 0.3) is 0 Å². The predicted molar refractivity (Wildman–Crippen MR) is 66.8 cm³/mol. The van der Waals surface area contributed by atoms with Gasteiger partial charge in [-0.1, -0.05) is 22.0 Å². The molecule has 0 spiro atoms. The zero-order chi connectivity index (χ0) is 12.3. The normalized spacial score (nSPS) is 22.7. The second-order valence-corrected chi connectivity index (χ2v) is 5.05. The highest BCUT2D eigenvalue weighted by Gasteiger charge is 2.28. The number of benzene rings is 1. The third kappa shape index (κ3) is 3.71. The lowest BCUT2D eigenvalue weighted by Crippen LogP contribution is -2.48. The maximum absolute atomic E-state index is 11.5. The molecule has 2 N–H and O–H groups in total. The smallest absolute Gasteiger partial charge is 0.258 e. The lowest BCUT2D eigenvalue weighted by molar-refractivity contribution is -0.125. The fourth-order valence-corrected chi connectivity index (χ4v) is 2.06. The number of aliphatic hydroxyl groups excluding tert-OH is 1. The van der Waals surface area contributed by atoms with Crippen molar-refractivity contribution in [2.75, 3.05) is 6.61 Å². The van der Waals surface area contributed by atoms with Crippen molar-refractivity contribution >= 4 is 21.8 Å². The fourth-order valence-electron chi connectivity index (χ4n) is 1.68. The number of hydrogen-bond acceptors (Lipinski definition) is 3. The van der Waals surface area contributed by atoms with Crippen molar-refractivity contribution in [2.24, 2.45) is 0 Å². The van der Waals surface area contributed by atoms with Crippen LogP contribution < -0.4 is 10.1 Å². The van der Waals surface area contributed by atoms with Crippen molar-refractivity contribution in [3.05, 3.63) is 28.7 Å². The molecule has 0 unspecified atom stereocenters. The van der Waals surface area contributed by atoms with Gasteiger partial charge in [-0.2, -0.15) is 0 Å². The first-order chi connectivity index (χ1) is 8.13. The van der Waals surface area contributed by atoms with E-state index in [0.29, 0.717) is 18.6 Å². The largest absolute Gasteiger partial charge is 0.484 e.